The number of nitrogens with one attached hydrogen (secondary N) is 1. The van der Waals surface area contributed by atoms with Crippen LogP contribution in [0, 0.1) is 5.82 Å². The Bertz CT molecular complexity index is 1440. The number of hydrogen-bond acceptors (Lipinski definition) is 5. The number of sulfone groups is 1. The molecule has 3 aromatic rings. The molecule has 0 aromatic heterocycles. The van der Waals surface area contributed by atoms with Crippen molar-refractivity contribution in [1.82, 2.24) is 15.1 Å². The van der Waals surface area contributed by atoms with Gasteiger partial charge in [-0.2, -0.15) is 0 Å². The number of likely N-dealkylation sites (tertiary alicyclic amines) is 1. The molecule has 0 saturated carbocycles. The Morgan fingerprint density at radius 1 is 0.976 bits per heavy atom. The number of hydrogen-bond donors (Lipinski definition) is 1. The second-order valence-corrected chi connectivity index (χ2v) is 13.1. The first kappa shape index (κ1) is 31.4. The zero-order chi connectivity index (χ0) is 30.3. The minimum absolute atomic E-state index is 0.0451. The summed E-state index contributed by atoms with van der Waals surface area (Å²) < 4.78 is 36.8. The van der Waals surface area contributed by atoms with Crippen molar-refractivity contribution in [2.75, 3.05) is 25.9 Å². The van der Waals surface area contributed by atoms with Gasteiger partial charge in [-0.25, -0.2) is 12.8 Å². The standard InChI is InChI=1S/C33H40FN3O4S/c1-4-37(32(38)23-25-10-16-30(17-11-25)42(3,40)41)29-18-20-36(21-19-29)24(2)22-31(26-8-6-5-7-9-26)35-33(39)27-12-14-28(34)15-13-27/h5-17,24,29,31H,4,18-23H2,1-3H3,(H,35,39)/t24?,31-/m0/s1. The normalized spacial score (nSPS) is 16.0. The molecular formula is C33H40FN3O4S. The van der Waals surface area contributed by atoms with E-state index in [9.17, 15) is 22.4 Å². The highest BCUT2D eigenvalue weighted by molar-refractivity contribution is 7.90. The van der Waals surface area contributed by atoms with Gasteiger partial charge in [-0.1, -0.05) is 42.5 Å². The van der Waals surface area contributed by atoms with Crippen molar-refractivity contribution in [2.45, 2.75) is 62.6 Å². The van der Waals surface area contributed by atoms with Crippen LogP contribution in [0.3, 0.4) is 0 Å². The molecule has 3 aromatic carbocycles. The lowest BCUT2D eigenvalue weighted by Crippen LogP contribution is -2.50. The molecule has 1 unspecified atom stereocenters. The van der Waals surface area contributed by atoms with Crippen molar-refractivity contribution in [3.63, 3.8) is 0 Å². The highest BCUT2D eigenvalue weighted by Gasteiger charge is 2.30. The van der Waals surface area contributed by atoms with Gasteiger partial charge < -0.3 is 15.1 Å². The predicted molar refractivity (Wildman–Crippen MR) is 162 cm³/mol. The number of nitrogens with zero attached hydrogens (tertiary/aromatic N) is 2. The van der Waals surface area contributed by atoms with Crippen LogP contribution in [0.1, 0.15) is 60.6 Å². The Hall–Kier alpha value is -3.56. The first-order valence-electron chi connectivity index (χ1n) is 14.5. The van der Waals surface area contributed by atoms with Crippen molar-refractivity contribution < 1.29 is 22.4 Å². The van der Waals surface area contributed by atoms with E-state index in [2.05, 4.69) is 17.1 Å². The van der Waals surface area contributed by atoms with Crippen molar-refractivity contribution in [3.05, 3.63) is 101 Å². The fourth-order valence-corrected chi connectivity index (χ4v) is 6.33. The maximum Gasteiger partial charge on any atom is 0.251 e. The molecule has 0 spiro atoms. The van der Waals surface area contributed by atoms with Gasteiger partial charge in [-0.15, -0.1) is 0 Å². The third kappa shape index (κ3) is 8.26. The van der Waals surface area contributed by atoms with Gasteiger partial charge in [0, 0.05) is 43.5 Å². The van der Waals surface area contributed by atoms with E-state index in [1.807, 2.05) is 42.2 Å². The highest BCUT2D eigenvalue weighted by atomic mass is 32.2. The number of piperidine rings is 1. The summed E-state index contributed by atoms with van der Waals surface area (Å²) in [6.07, 6.45) is 3.83. The molecule has 0 bridgehead atoms. The Morgan fingerprint density at radius 2 is 1.60 bits per heavy atom. The second-order valence-electron chi connectivity index (χ2n) is 11.1. The van der Waals surface area contributed by atoms with Gasteiger partial charge >= 0.3 is 0 Å². The monoisotopic (exact) mass is 593 g/mol. The predicted octanol–water partition coefficient (Wildman–Crippen LogP) is 5.03. The first-order chi connectivity index (χ1) is 20.0. The largest absolute Gasteiger partial charge is 0.345 e. The Balaban J connectivity index is 1.35. The number of carbonyl (C=O) groups excluding carboxylic acids is 2. The molecule has 1 fully saturated rings. The number of likely N-dealkylation sites (N-methyl/N-ethyl adjacent to an activating group) is 1. The van der Waals surface area contributed by atoms with Gasteiger partial charge in [0.2, 0.25) is 5.91 Å². The van der Waals surface area contributed by atoms with Crippen LogP contribution >= 0.6 is 0 Å². The number of rotatable bonds is 11. The van der Waals surface area contributed by atoms with Crippen LogP contribution in [0.4, 0.5) is 4.39 Å². The summed E-state index contributed by atoms with van der Waals surface area (Å²) in [4.78, 5) is 30.8. The first-order valence-corrected chi connectivity index (χ1v) is 16.4. The molecule has 1 saturated heterocycles. The van der Waals surface area contributed by atoms with Gasteiger partial charge in [0.1, 0.15) is 5.82 Å². The zero-order valence-corrected chi connectivity index (χ0v) is 25.3. The summed E-state index contributed by atoms with van der Waals surface area (Å²) >= 11 is 0. The molecule has 2 amide bonds. The van der Waals surface area contributed by atoms with Gasteiger partial charge in [-0.05, 0) is 80.6 Å². The molecule has 1 aliphatic heterocycles. The molecule has 1 N–H and O–H groups in total. The van der Waals surface area contributed by atoms with Crippen LogP contribution in [0.15, 0.2) is 83.8 Å². The Morgan fingerprint density at radius 3 is 2.17 bits per heavy atom. The summed E-state index contributed by atoms with van der Waals surface area (Å²) in [5.41, 5.74) is 2.23. The lowest BCUT2D eigenvalue weighted by Gasteiger charge is -2.41. The van der Waals surface area contributed by atoms with E-state index in [1.54, 1.807) is 24.3 Å². The molecule has 7 nitrogen and oxygen atoms in total. The number of halogens is 1. The molecule has 1 heterocycles. The maximum atomic E-state index is 13.4. The lowest BCUT2D eigenvalue weighted by atomic mass is 9.95. The molecule has 2 atom stereocenters. The molecule has 42 heavy (non-hydrogen) atoms. The molecule has 4 rings (SSSR count). The van der Waals surface area contributed by atoms with Crippen LogP contribution in [-0.2, 0) is 21.1 Å². The minimum atomic E-state index is -3.28. The molecular weight excluding hydrogens is 553 g/mol. The number of amides is 2. The smallest absolute Gasteiger partial charge is 0.251 e. The summed E-state index contributed by atoms with van der Waals surface area (Å²) in [5.74, 6) is -0.573. The average molecular weight is 594 g/mol. The van der Waals surface area contributed by atoms with Crippen LogP contribution in [0.2, 0.25) is 0 Å². The Labute approximate surface area is 248 Å². The van der Waals surface area contributed by atoms with E-state index >= 15 is 0 Å². The minimum Gasteiger partial charge on any atom is -0.345 e. The SMILES string of the molecule is CCN(C(=O)Cc1ccc(S(C)(=O)=O)cc1)C1CCN(C(C)C[C@H](NC(=O)c2ccc(F)cc2)c2ccccc2)CC1. The van der Waals surface area contributed by atoms with Crippen molar-refractivity contribution in [1.29, 1.82) is 0 Å². The second kappa shape index (κ2) is 14.1. The van der Waals surface area contributed by atoms with Gasteiger partial charge in [-0.3, -0.25) is 9.59 Å². The topological polar surface area (TPSA) is 86.8 Å². The fraction of sp³-hybridized carbons (Fsp3) is 0.394. The quantitative estimate of drug-likeness (QED) is 0.337. The lowest BCUT2D eigenvalue weighted by molar-refractivity contribution is -0.133. The van der Waals surface area contributed by atoms with Gasteiger partial charge in [0.15, 0.2) is 9.84 Å². The van der Waals surface area contributed by atoms with Crippen LogP contribution < -0.4 is 5.32 Å². The van der Waals surface area contributed by atoms with Crippen molar-refractivity contribution in [3.8, 4) is 0 Å². The molecule has 1 aliphatic rings. The zero-order valence-electron chi connectivity index (χ0n) is 24.5. The van der Waals surface area contributed by atoms with E-state index in [1.165, 1.54) is 30.5 Å². The Kier molecular flexibility index (Phi) is 10.5. The van der Waals surface area contributed by atoms with Crippen LogP contribution in [-0.4, -0.2) is 68.0 Å². The molecule has 0 aliphatic carbocycles. The van der Waals surface area contributed by atoms with Gasteiger partial charge in [0.25, 0.3) is 5.91 Å². The van der Waals surface area contributed by atoms with E-state index in [-0.39, 0.29) is 47.1 Å². The maximum absolute atomic E-state index is 13.4. The average Bonchev–Trinajstić information content (AvgIpc) is 2.98. The molecule has 0 radical (unpaired) electrons. The molecule has 9 heteroatoms. The van der Waals surface area contributed by atoms with E-state index in [0.29, 0.717) is 18.5 Å². The summed E-state index contributed by atoms with van der Waals surface area (Å²) in [6.45, 7) is 6.46. The summed E-state index contributed by atoms with van der Waals surface area (Å²) in [7, 11) is -3.28. The highest BCUT2D eigenvalue weighted by Crippen LogP contribution is 2.26. The van der Waals surface area contributed by atoms with E-state index < -0.39 is 9.84 Å². The number of benzene rings is 3. The van der Waals surface area contributed by atoms with Crippen LogP contribution in [0.5, 0.6) is 0 Å². The number of carbonyl (C=O) groups is 2. The molecule has 224 valence electrons. The van der Waals surface area contributed by atoms with Gasteiger partial charge in [0.05, 0.1) is 17.4 Å². The van der Waals surface area contributed by atoms with Crippen LogP contribution in [0.25, 0.3) is 0 Å². The van der Waals surface area contributed by atoms with E-state index in [0.717, 1.165) is 37.1 Å². The summed E-state index contributed by atoms with van der Waals surface area (Å²) in [5, 5.41) is 3.15. The third-order valence-corrected chi connectivity index (χ3v) is 9.25. The van der Waals surface area contributed by atoms with Crippen molar-refractivity contribution >= 4 is 21.7 Å². The fourth-order valence-electron chi connectivity index (χ4n) is 5.70. The van der Waals surface area contributed by atoms with Crippen molar-refractivity contribution in [2.24, 2.45) is 0 Å². The summed E-state index contributed by atoms with van der Waals surface area (Å²) in [6, 6.07) is 22.1. The third-order valence-electron chi connectivity index (χ3n) is 8.12. The van der Waals surface area contributed by atoms with E-state index in [4.69, 9.17) is 0 Å².